The second-order valence-corrected chi connectivity index (χ2v) is 3.84. The van der Waals surface area contributed by atoms with E-state index < -0.39 is 11.9 Å². The first kappa shape index (κ1) is 14.2. The van der Waals surface area contributed by atoms with E-state index in [-0.39, 0.29) is 24.4 Å². The number of nitrogens with one attached hydrogen (secondary N) is 2. The summed E-state index contributed by atoms with van der Waals surface area (Å²) in [5.74, 6) is -0.574. The van der Waals surface area contributed by atoms with Crippen molar-refractivity contribution in [3.05, 3.63) is 18.0 Å². The van der Waals surface area contributed by atoms with Crippen molar-refractivity contribution in [2.75, 3.05) is 11.9 Å². The molecule has 18 heavy (non-hydrogen) atoms. The predicted molar refractivity (Wildman–Crippen MR) is 58.8 cm³/mol. The van der Waals surface area contributed by atoms with Crippen LogP contribution in [0.4, 0.5) is 19.1 Å². The number of nitrogens with zero attached hydrogens (tertiary/aromatic N) is 2. The van der Waals surface area contributed by atoms with Gasteiger partial charge in [0.1, 0.15) is 5.69 Å². The molecule has 0 unspecified atom stereocenters. The molecule has 0 atom stereocenters. The zero-order valence-corrected chi connectivity index (χ0v) is 9.88. The van der Waals surface area contributed by atoms with Crippen LogP contribution in [0.1, 0.15) is 19.5 Å². The van der Waals surface area contributed by atoms with Crippen molar-refractivity contribution in [1.29, 1.82) is 0 Å². The maximum atomic E-state index is 12.3. The zero-order chi connectivity index (χ0) is 13.8. The molecular weight excluding hydrogens is 249 g/mol. The molecule has 1 heterocycles. The van der Waals surface area contributed by atoms with Gasteiger partial charge < -0.3 is 10.6 Å². The van der Waals surface area contributed by atoms with E-state index in [2.05, 4.69) is 20.6 Å². The molecule has 0 aliphatic rings. The average molecular weight is 262 g/mol. The molecule has 5 nitrogen and oxygen atoms in total. The topological polar surface area (TPSA) is 66.9 Å². The highest BCUT2D eigenvalue weighted by molar-refractivity contribution is 5.80. The van der Waals surface area contributed by atoms with Gasteiger partial charge in [0.2, 0.25) is 11.9 Å². The van der Waals surface area contributed by atoms with Gasteiger partial charge in [-0.25, -0.2) is 9.97 Å². The number of halogens is 3. The Morgan fingerprint density at radius 3 is 2.67 bits per heavy atom. The molecule has 0 saturated heterocycles. The number of hydrogen-bond acceptors (Lipinski definition) is 4. The van der Waals surface area contributed by atoms with Crippen molar-refractivity contribution < 1.29 is 18.0 Å². The summed E-state index contributed by atoms with van der Waals surface area (Å²) in [6, 6.07) is 0.723. The Bertz CT molecular complexity index is 420. The van der Waals surface area contributed by atoms with E-state index in [9.17, 15) is 18.0 Å². The minimum absolute atomic E-state index is 0.0401. The number of rotatable bonds is 4. The molecule has 0 aliphatic carbocycles. The first-order valence-electron chi connectivity index (χ1n) is 5.22. The SMILES string of the molecule is CC(C)NC(=O)CNc1nccc(C(F)(F)F)n1. The number of carbonyl (C=O) groups excluding carboxylic acids is 1. The molecule has 0 aromatic carbocycles. The van der Waals surface area contributed by atoms with Crippen molar-refractivity contribution in [3.63, 3.8) is 0 Å². The van der Waals surface area contributed by atoms with Gasteiger partial charge in [0, 0.05) is 12.2 Å². The molecule has 1 rings (SSSR count). The second-order valence-electron chi connectivity index (χ2n) is 3.84. The monoisotopic (exact) mass is 262 g/mol. The summed E-state index contributed by atoms with van der Waals surface area (Å²) in [5, 5.41) is 5.01. The van der Waals surface area contributed by atoms with Crippen LogP contribution in [-0.4, -0.2) is 28.5 Å². The third-order valence-corrected chi connectivity index (χ3v) is 1.80. The van der Waals surface area contributed by atoms with Crippen LogP contribution < -0.4 is 10.6 Å². The minimum Gasteiger partial charge on any atom is -0.352 e. The summed E-state index contributed by atoms with van der Waals surface area (Å²) in [6.07, 6.45) is -3.54. The van der Waals surface area contributed by atoms with Crippen molar-refractivity contribution in [3.8, 4) is 0 Å². The molecule has 0 aliphatic heterocycles. The van der Waals surface area contributed by atoms with Crippen LogP contribution in [0, 0.1) is 0 Å². The van der Waals surface area contributed by atoms with Crippen LogP contribution in [0.5, 0.6) is 0 Å². The van der Waals surface area contributed by atoms with Gasteiger partial charge in [0.05, 0.1) is 6.54 Å². The van der Waals surface area contributed by atoms with E-state index in [0.29, 0.717) is 0 Å². The lowest BCUT2D eigenvalue weighted by atomic mass is 10.4. The van der Waals surface area contributed by atoms with Crippen molar-refractivity contribution >= 4 is 11.9 Å². The first-order valence-corrected chi connectivity index (χ1v) is 5.22. The first-order chi connectivity index (χ1) is 8.29. The normalized spacial score (nSPS) is 11.4. The van der Waals surface area contributed by atoms with Gasteiger partial charge in [-0.15, -0.1) is 0 Å². The number of alkyl halides is 3. The highest BCUT2D eigenvalue weighted by atomic mass is 19.4. The van der Waals surface area contributed by atoms with Gasteiger partial charge in [-0.2, -0.15) is 13.2 Å². The smallest absolute Gasteiger partial charge is 0.352 e. The molecule has 2 N–H and O–H groups in total. The van der Waals surface area contributed by atoms with E-state index in [1.165, 1.54) is 0 Å². The third kappa shape index (κ3) is 4.56. The van der Waals surface area contributed by atoms with Gasteiger partial charge >= 0.3 is 6.18 Å². The molecule has 0 spiro atoms. The van der Waals surface area contributed by atoms with Gasteiger partial charge in [0.15, 0.2) is 0 Å². The van der Waals surface area contributed by atoms with Crippen LogP contribution in [0.2, 0.25) is 0 Å². The summed E-state index contributed by atoms with van der Waals surface area (Å²) in [7, 11) is 0. The van der Waals surface area contributed by atoms with E-state index >= 15 is 0 Å². The number of anilines is 1. The number of hydrogen-bond donors (Lipinski definition) is 2. The fraction of sp³-hybridized carbons (Fsp3) is 0.500. The van der Waals surface area contributed by atoms with Crippen molar-refractivity contribution in [2.24, 2.45) is 0 Å². The summed E-state index contributed by atoms with van der Waals surface area (Å²) >= 11 is 0. The lowest BCUT2D eigenvalue weighted by Crippen LogP contribution is -2.35. The molecule has 1 aromatic rings. The zero-order valence-electron chi connectivity index (χ0n) is 9.88. The van der Waals surface area contributed by atoms with E-state index in [0.717, 1.165) is 12.3 Å². The molecular formula is C10H13F3N4O. The summed E-state index contributed by atoms with van der Waals surface area (Å²) < 4.78 is 37.0. The van der Waals surface area contributed by atoms with Crippen LogP contribution in [-0.2, 0) is 11.0 Å². The maximum absolute atomic E-state index is 12.3. The lowest BCUT2D eigenvalue weighted by Gasteiger charge is -2.10. The summed E-state index contributed by atoms with van der Waals surface area (Å²) in [5.41, 5.74) is -1.05. The minimum atomic E-state index is -4.53. The largest absolute Gasteiger partial charge is 0.433 e. The van der Waals surface area contributed by atoms with E-state index in [1.807, 2.05) is 0 Å². The summed E-state index contributed by atoms with van der Waals surface area (Å²) in [6.45, 7) is 3.37. The Kier molecular flexibility index (Phi) is 4.46. The number of carbonyl (C=O) groups is 1. The molecule has 1 aromatic heterocycles. The average Bonchev–Trinajstić information content (AvgIpc) is 2.25. The standard InChI is InChI=1S/C10H13F3N4O/c1-6(2)16-8(18)5-15-9-14-4-3-7(17-9)10(11,12)13/h3-4,6H,5H2,1-2H3,(H,16,18)(H,14,15,17). The molecule has 1 amide bonds. The van der Waals surface area contributed by atoms with E-state index in [4.69, 9.17) is 0 Å². The highest BCUT2D eigenvalue weighted by Gasteiger charge is 2.32. The Morgan fingerprint density at radius 2 is 2.11 bits per heavy atom. The number of amides is 1. The van der Waals surface area contributed by atoms with Gasteiger partial charge in [0.25, 0.3) is 0 Å². The lowest BCUT2D eigenvalue weighted by molar-refractivity contribution is -0.141. The van der Waals surface area contributed by atoms with Crippen molar-refractivity contribution in [2.45, 2.75) is 26.1 Å². The summed E-state index contributed by atoms with van der Waals surface area (Å²) in [4.78, 5) is 18.1. The molecule has 100 valence electrons. The third-order valence-electron chi connectivity index (χ3n) is 1.80. The van der Waals surface area contributed by atoms with Gasteiger partial charge in [-0.05, 0) is 19.9 Å². The van der Waals surface area contributed by atoms with Crippen LogP contribution in [0.25, 0.3) is 0 Å². The van der Waals surface area contributed by atoms with Gasteiger partial charge in [-0.1, -0.05) is 0 Å². The van der Waals surface area contributed by atoms with Crippen LogP contribution in [0.15, 0.2) is 12.3 Å². The Morgan fingerprint density at radius 1 is 1.44 bits per heavy atom. The molecule has 0 bridgehead atoms. The fourth-order valence-corrected chi connectivity index (χ4v) is 1.13. The van der Waals surface area contributed by atoms with Crippen LogP contribution in [0.3, 0.4) is 0 Å². The predicted octanol–water partition coefficient (Wildman–Crippen LogP) is 1.43. The Balaban J connectivity index is 2.61. The molecule has 0 fully saturated rings. The quantitative estimate of drug-likeness (QED) is 0.861. The number of aromatic nitrogens is 2. The van der Waals surface area contributed by atoms with E-state index in [1.54, 1.807) is 13.8 Å². The van der Waals surface area contributed by atoms with Crippen LogP contribution >= 0.6 is 0 Å². The molecule has 0 saturated carbocycles. The fourth-order valence-electron chi connectivity index (χ4n) is 1.13. The van der Waals surface area contributed by atoms with Crippen molar-refractivity contribution in [1.82, 2.24) is 15.3 Å². The Hall–Kier alpha value is -1.86. The molecule has 0 radical (unpaired) electrons. The maximum Gasteiger partial charge on any atom is 0.433 e. The van der Waals surface area contributed by atoms with Gasteiger partial charge in [-0.3, -0.25) is 4.79 Å². The highest BCUT2D eigenvalue weighted by Crippen LogP contribution is 2.27. The molecule has 8 heteroatoms. The second kappa shape index (κ2) is 5.65. The Labute approximate surface area is 102 Å².